The maximum Gasteiger partial charge on any atom is 0.314 e. The summed E-state index contributed by atoms with van der Waals surface area (Å²) in [6, 6.07) is 4.27. The van der Waals surface area contributed by atoms with Gasteiger partial charge in [-0.05, 0) is 30.9 Å². The molecule has 0 unspecified atom stereocenters. The molecule has 0 atom stereocenters. The molecule has 7 heteroatoms. The van der Waals surface area contributed by atoms with E-state index in [0.29, 0.717) is 18.2 Å². The van der Waals surface area contributed by atoms with Crippen LogP contribution in [-0.4, -0.2) is 31.1 Å². The first-order chi connectivity index (χ1) is 11.1. The summed E-state index contributed by atoms with van der Waals surface area (Å²) in [6.07, 6.45) is 6.00. The number of rotatable bonds is 7. The van der Waals surface area contributed by atoms with Gasteiger partial charge in [0.1, 0.15) is 5.75 Å². The van der Waals surface area contributed by atoms with Gasteiger partial charge in [0.15, 0.2) is 12.4 Å². The lowest BCUT2D eigenvalue weighted by molar-refractivity contribution is -0.385. The first kappa shape index (κ1) is 17.1. The number of methoxy groups -OCH3 is 1. The fourth-order valence-corrected chi connectivity index (χ4v) is 2.73. The topological polar surface area (TPSA) is 90.7 Å². The molecule has 0 spiro atoms. The number of amides is 1. The highest BCUT2D eigenvalue weighted by atomic mass is 16.6. The molecule has 1 saturated carbocycles. The summed E-state index contributed by atoms with van der Waals surface area (Å²) in [6.45, 7) is 0.410. The van der Waals surface area contributed by atoms with Gasteiger partial charge in [0, 0.05) is 6.54 Å². The molecule has 0 radical (unpaired) electrons. The van der Waals surface area contributed by atoms with Gasteiger partial charge >= 0.3 is 5.69 Å². The van der Waals surface area contributed by atoms with Crippen LogP contribution < -0.4 is 14.8 Å². The van der Waals surface area contributed by atoms with E-state index < -0.39 is 4.92 Å². The Morgan fingerprint density at radius 3 is 2.74 bits per heavy atom. The molecule has 126 valence electrons. The van der Waals surface area contributed by atoms with E-state index in [1.165, 1.54) is 38.5 Å². The number of nitro benzene ring substituents is 1. The van der Waals surface area contributed by atoms with E-state index in [1.54, 1.807) is 6.07 Å². The van der Waals surface area contributed by atoms with E-state index in [1.807, 2.05) is 0 Å². The Kier molecular flexibility index (Phi) is 6.19. The molecule has 0 saturated heterocycles. The third-order valence-electron chi connectivity index (χ3n) is 4.03. The summed E-state index contributed by atoms with van der Waals surface area (Å²) in [5.41, 5.74) is -0.218. The van der Waals surface area contributed by atoms with Crippen molar-refractivity contribution >= 4 is 11.6 Å². The quantitative estimate of drug-likeness (QED) is 0.615. The van der Waals surface area contributed by atoms with Gasteiger partial charge in [-0.25, -0.2) is 0 Å². The minimum atomic E-state index is -0.558. The van der Waals surface area contributed by atoms with Crippen molar-refractivity contribution in [2.45, 2.75) is 32.1 Å². The number of nitrogens with one attached hydrogen (secondary N) is 1. The molecular weight excluding hydrogens is 300 g/mol. The normalized spacial score (nSPS) is 15.0. The summed E-state index contributed by atoms with van der Waals surface area (Å²) in [5.74, 6) is 0.693. The third-order valence-corrected chi connectivity index (χ3v) is 4.03. The molecule has 1 aliphatic rings. The second-order valence-electron chi connectivity index (χ2n) is 5.69. The van der Waals surface area contributed by atoms with Crippen LogP contribution in [0.25, 0.3) is 0 Å². The predicted octanol–water partition coefficient (Wildman–Crippen LogP) is 2.68. The lowest BCUT2D eigenvalue weighted by Gasteiger charge is -2.21. The van der Waals surface area contributed by atoms with Crippen molar-refractivity contribution in [1.29, 1.82) is 0 Å². The van der Waals surface area contributed by atoms with Crippen molar-refractivity contribution < 1.29 is 19.2 Å². The van der Waals surface area contributed by atoms with Crippen LogP contribution in [0.1, 0.15) is 32.1 Å². The van der Waals surface area contributed by atoms with Crippen molar-refractivity contribution in [1.82, 2.24) is 5.32 Å². The first-order valence-corrected chi connectivity index (χ1v) is 7.82. The van der Waals surface area contributed by atoms with Crippen LogP contribution in [0.15, 0.2) is 18.2 Å². The second kappa shape index (κ2) is 8.36. The summed E-state index contributed by atoms with van der Waals surface area (Å²) in [7, 11) is 1.43. The number of carbonyl (C=O) groups is 1. The molecule has 1 aromatic carbocycles. The van der Waals surface area contributed by atoms with Gasteiger partial charge in [0.2, 0.25) is 0 Å². The minimum Gasteiger partial charge on any atom is -0.496 e. The van der Waals surface area contributed by atoms with Crippen LogP contribution in [0.2, 0.25) is 0 Å². The Labute approximate surface area is 135 Å². The summed E-state index contributed by atoms with van der Waals surface area (Å²) in [5, 5.41) is 13.9. The second-order valence-corrected chi connectivity index (χ2v) is 5.69. The molecule has 0 bridgehead atoms. The average Bonchev–Trinajstić information content (AvgIpc) is 2.58. The number of carbonyl (C=O) groups excluding carboxylic acids is 1. The molecule has 1 aliphatic carbocycles. The Hall–Kier alpha value is -2.31. The Balaban J connectivity index is 1.84. The zero-order chi connectivity index (χ0) is 16.7. The molecule has 1 aromatic rings. The van der Waals surface area contributed by atoms with Crippen molar-refractivity contribution in [2.75, 3.05) is 20.3 Å². The highest BCUT2D eigenvalue weighted by Gasteiger charge is 2.18. The van der Waals surface area contributed by atoms with Crippen LogP contribution in [0.5, 0.6) is 11.5 Å². The summed E-state index contributed by atoms with van der Waals surface area (Å²) < 4.78 is 10.2. The molecule has 0 aromatic heterocycles. The van der Waals surface area contributed by atoms with Crippen molar-refractivity contribution in [3.8, 4) is 11.5 Å². The maximum atomic E-state index is 11.8. The Morgan fingerprint density at radius 2 is 2.09 bits per heavy atom. The van der Waals surface area contributed by atoms with Crippen molar-refractivity contribution in [2.24, 2.45) is 5.92 Å². The monoisotopic (exact) mass is 322 g/mol. The number of ether oxygens (including phenoxy) is 2. The molecule has 0 aliphatic heterocycles. The SMILES string of the molecule is COc1ccc(OCC(=O)NCC2CCCCC2)c([N+](=O)[O-])c1. The van der Waals surface area contributed by atoms with Crippen molar-refractivity contribution in [3.63, 3.8) is 0 Å². The van der Waals surface area contributed by atoms with E-state index in [2.05, 4.69) is 5.32 Å². The predicted molar refractivity (Wildman–Crippen MR) is 84.7 cm³/mol. The highest BCUT2D eigenvalue weighted by Crippen LogP contribution is 2.30. The lowest BCUT2D eigenvalue weighted by Crippen LogP contribution is -2.33. The minimum absolute atomic E-state index is 0.0589. The standard InChI is InChI=1S/C16H22N2O5/c1-22-13-7-8-15(14(9-13)18(20)21)23-11-16(19)17-10-12-5-3-2-4-6-12/h7-9,12H,2-6,10-11H2,1H3,(H,17,19). The molecule has 23 heavy (non-hydrogen) atoms. The number of nitrogens with zero attached hydrogens (tertiary/aromatic N) is 1. The van der Waals surface area contributed by atoms with Crippen LogP contribution in [-0.2, 0) is 4.79 Å². The fourth-order valence-electron chi connectivity index (χ4n) is 2.73. The van der Waals surface area contributed by atoms with E-state index in [9.17, 15) is 14.9 Å². The summed E-state index contributed by atoms with van der Waals surface area (Å²) in [4.78, 5) is 22.3. The smallest absolute Gasteiger partial charge is 0.314 e. The number of nitro groups is 1. The van der Waals surface area contributed by atoms with Gasteiger partial charge in [0.25, 0.3) is 5.91 Å². The molecule has 2 rings (SSSR count). The zero-order valence-corrected chi connectivity index (χ0v) is 13.2. The van der Waals surface area contributed by atoms with Gasteiger partial charge in [0.05, 0.1) is 18.1 Å². The van der Waals surface area contributed by atoms with E-state index in [-0.39, 0.29) is 24.0 Å². The van der Waals surface area contributed by atoms with Gasteiger partial charge in [-0.1, -0.05) is 19.3 Å². The van der Waals surface area contributed by atoms with Gasteiger partial charge in [-0.3, -0.25) is 14.9 Å². The van der Waals surface area contributed by atoms with Crippen molar-refractivity contribution in [3.05, 3.63) is 28.3 Å². The number of hydrogen-bond donors (Lipinski definition) is 1. The van der Waals surface area contributed by atoms with Gasteiger partial charge in [-0.2, -0.15) is 0 Å². The molecule has 1 N–H and O–H groups in total. The number of benzene rings is 1. The molecule has 7 nitrogen and oxygen atoms in total. The first-order valence-electron chi connectivity index (χ1n) is 7.82. The molecule has 0 heterocycles. The highest BCUT2D eigenvalue weighted by molar-refractivity contribution is 5.77. The van der Waals surface area contributed by atoms with Crippen LogP contribution in [0, 0.1) is 16.0 Å². The zero-order valence-electron chi connectivity index (χ0n) is 13.2. The molecule has 1 amide bonds. The Bertz CT molecular complexity index is 555. The van der Waals surface area contributed by atoms with Gasteiger partial charge < -0.3 is 14.8 Å². The van der Waals surface area contributed by atoms with E-state index in [4.69, 9.17) is 9.47 Å². The number of hydrogen-bond acceptors (Lipinski definition) is 5. The Morgan fingerprint density at radius 1 is 1.35 bits per heavy atom. The van der Waals surface area contributed by atoms with Gasteiger partial charge in [-0.15, -0.1) is 0 Å². The average molecular weight is 322 g/mol. The lowest BCUT2D eigenvalue weighted by atomic mass is 9.89. The third kappa shape index (κ3) is 5.12. The van der Waals surface area contributed by atoms with E-state index in [0.717, 1.165) is 12.8 Å². The van der Waals surface area contributed by atoms with Crippen LogP contribution >= 0.6 is 0 Å². The summed E-state index contributed by atoms with van der Waals surface area (Å²) >= 11 is 0. The maximum absolute atomic E-state index is 11.8. The van der Waals surface area contributed by atoms with Crippen LogP contribution in [0.3, 0.4) is 0 Å². The van der Waals surface area contributed by atoms with Crippen LogP contribution in [0.4, 0.5) is 5.69 Å². The fraction of sp³-hybridized carbons (Fsp3) is 0.562. The van der Waals surface area contributed by atoms with E-state index >= 15 is 0 Å². The largest absolute Gasteiger partial charge is 0.496 e. The molecule has 1 fully saturated rings. The molecular formula is C16H22N2O5.